The van der Waals surface area contributed by atoms with E-state index in [0.29, 0.717) is 10.8 Å². The molecule has 0 fully saturated rings. The fraction of sp³-hybridized carbons (Fsp3) is 0.0714. The molecule has 18 heavy (non-hydrogen) atoms. The Morgan fingerprint density at radius 1 is 1.17 bits per heavy atom. The number of rotatable bonds is 2. The Balaban J connectivity index is 2.52. The first-order chi connectivity index (χ1) is 8.65. The Kier molecular flexibility index (Phi) is 3.40. The van der Waals surface area contributed by atoms with Crippen LogP contribution < -0.4 is 4.74 Å². The molecule has 2 rings (SSSR count). The van der Waals surface area contributed by atoms with Gasteiger partial charge < -0.3 is 9.84 Å². The third-order valence-electron chi connectivity index (χ3n) is 2.60. The molecule has 0 aromatic heterocycles. The van der Waals surface area contributed by atoms with Crippen molar-refractivity contribution >= 4 is 11.6 Å². The molecule has 0 amide bonds. The zero-order valence-electron chi connectivity index (χ0n) is 9.64. The predicted octanol–water partition coefficient (Wildman–Crippen LogP) is 3.59. The zero-order valence-corrected chi connectivity index (χ0v) is 10.4. The van der Waals surface area contributed by atoms with Gasteiger partial charge in [0.2, 0.25) is 0 Å². The van der Waals surface area contributed by atoms with E-state index in [1.807, 2.05) is 12.1 Å². The normalized spacial score (nSPS) is 9.83. The Morgan fingerprint density at radius 2 is 1.83 bits per heavy atom. The molecule has 0 bridgehead atoms. The molecule has 2 aromatic carbocycles. The van der Waals surface area contributed by atoms with Crippen molar-refractivity contribution in [3.05, 3.63) is 47.0 Å². The Bertz CT molecular complexity index is 632. The van der Waals surface area contributed by atoms with E-state index < -0.39 is 0 Å². The molecule has 0 atom stereocenters. The first-order valence-corrected chi connectivity index (χ1v) is 5.60. The highest BCUT2D eigenvalue weighted by atomic mass is 35.5. The summed E-state index contributed by atoms with van der Waals surface area (Å²) in [6.07, 6.45) is 0. The van der Waals surface area contributed by atoms with Crippen LogP contribution in [0.2, 0.25) is 5.02 Å². The molecule has 0 aliphatic heterocycles. The Hall–Kier alpha value is -2.18. The zero-order chi connectivity index (χ0) is 13.1. The molecule has 90 valence electrons. The van der Waals surface area contributed by atoms with Gasteiger partial charge >= 0.3 is 0 Å². The topological polar surface area (TPSA) is 53.2 Å². The highest BCUT2D eigenvalue weighted by Crippen LogP contribution is 2.32. The number of methoxy groups -OCH3 is 1. The smallest absolute Gasteiger partial charge is 0.138 e. The third kappa shape index (κ3) is 2.24. The van der Waals surface area contributed by atoms with Crippen LogP contribution in [0.3, 0.4) is 0 Å². The fourth-order valence-corrected chi connectivity index (χ4v) is 1.84. The van der Waals surface area contributed by atoms with E-state index in [0.717, 1.165) is 11.1 Å². The van der Waals surface area contributed by atoms with Gasteiger partial charge in [-0.05, 0) is 35.4 Å². The van der Waals surface area contributed by atoms with Crippen molar-refractivity contribution in [2.45, 2.75) is 0 Å². The number of hydrogen-bond donors (Lipinski definition) is 1. The lowest BCUT2D eigenvalue weighted by molar-refractivity contribution is 0.415. The van der Waals surface area contributed by atoms with Crippen LogP contribution in [0.4, 0.5) is 0 Å². The number of halogens is 1. The highest BCUT2D eigenvalue weighted by Gasteiger charge is 2.07. The molecule has 0 heterocycles. The minimum atomic E-state index is -0.0258. The van der Waals surface area contributed by atoms with Crippen LogP contribution in [0, 0.1) is 11.3 Å². The standard InChI is InChI=1S/C14H10ClNO2/c1-18-14-7-10(2-4-12(14)15)9-3-5-13(17)11(6-9)8-16/h2-7,17H,1H3. The minimum Gasteiger partial charge on any atom is -0.507 e. The molecule has 0 aliphatic carbocycles. The third-order valence-corrected chi connectivity index (χ3v) is 2.91. The van der Waals surface area contributed by atoms with Gasteiger partial charge in [0, 0.05) is 0 Å². The summed E-state index contributed by atoms with van der Waals surface area (Å²) < 4.78 is 5.14. The van der Waals surface area contributed by atoms with Crippen molar-refractivity contribution in [2.75, 3.05) is 7.11 Å². The van der Waals surface area contributed by atoms with Gasteiger partial charge in [-0.1, -0.05) is 23.7 Å². The second-order valence-corrected chi connectivity index (χ2v) is 4.10. The summed E-state index contributed by atoms with van der Waals surface area (Å²) in [6, 6.07) is 12.1. The van der Waals surface area contributed by atoms with Crippen molar-refractivity contribution in [2.24, 2.45) is 0 Å². The summed E-state index contributed by atoms with van der Waals surface area (Å²) in [4.78, 5) is 0. The number of phenols is 1. The molecule has 1 N–H and O–H groups in total. The van der Waals surface area contributed by atoms with E-state index >= 15 is 0 Å². The monoisotopic (exact) mass is 259 g/mol. The van der Waals surface area contributed by atoms with Gasteiger partial charge in [0.1, 0.15) is 17.6 Å². The van der Waals surface area contributed by atoms with Crippen LogP contribution >= 0.6 is 11.6 Å². The number of nitriles is 1. The van der Waals surface area contributed by atoms with Crippen LogP contribution in [-0.2, 0) is 0 Å². The summed E-state index contributed by atoms with van der Waals surface area (Å²) in [5, 5.41) is 18.9. The second kappa shape index (κ2) is 4.99. The molecule has 0 saturated carbocycles. The average Bonchev–Trinajstić information content (AvgIpc) is 2.40. The van der Waals surface area contributed by atoms with Crippen LogP contribution in [-0.4, -0.2) is 12.2 Å². The molecule has 0 aliphatic rings. The molecule has 3 nitrogen and oxygen atoms in total. The quantitative estimate of drug-likeness (QED) is 0.897. The van der Waals surface area contributed by atoms with Gasteiger partial charge in [0.05, 0.1) is 17.7 Å². The summed E-state index contributed by atoms with van der Waals surface area (Å²) in [6.45, 7) is 0. The van der Waals surface area contributed by atoms with Gasteiger partial charge in [-0.2, -0.15) is 5.26 Å². The predicted molar refractivity (Wildman–Crippen MR) is 69.8 cm³/mol. The van der Waals surface area contributed by atoms with E-state index in [1.165, 1.54) is 6.07 Å². The summed E-state index contributed by atoms with van der Waals surface area (Å²) in [5.41, 5.74) is 1.92. The number of hydrogen-bond acceptors (Lipinski definition) is 3. The van der Waals surface area contributed by atoms with Gasteiger partial charge in [0.25, 0.3) is 0 Å². The maximum absolute atomic E-state index is 9.46. The number of ether oxygens (including phenoxy) is 1. The lowest BCUT2D eigenvalue weighted by atomic mass is 10.0. The number of aromatic hydroxyl groups is 1. The van der Waals surface area contributed by atoms with E-state index in [1.54, 1.807) is 31.4 Å². The summed E-state index contributed by atoms with van der Waals surface area (Å²) in [7, 11) is 1.54. The van der Waals surface area contributed by atoms with Crippen molar-refractivity contribution in [3.63, 3.8) is 0 Å². The van der Waals surface area contributed by atoms with Crippen molar-refractivity contribution in [1.82, 2.24) is 0 Å². The van der Waals surface area contributed by atoms with Gasteiger partial charge in [-0.3, -0.25) is 0 Å². The van der Waals surface area contributed by atoms with Crippen LogP contribution in [0.25, 0.3) is 11.1 Å². The van der Waals surface area contributed by atoms with Crippen LogP contribution in [0.1, 0.15) is 5.56 Å². The van der Waals surface area contributed by atoms with Crippen LogP contribution in [0.15, 0.2) is 36.4 Å². The van der Waals surface area contributed by atoms with Crippen LogP contribution in [0.5, 0.6) is 11.5 Å². The number of phenolic OH excluding ortho intramolecular Hbond substituents is 1. The molecule has 0 radical (unpaired) electrons. The van der Waals surface area contributed by atoms with Gasteiger partial charge in [0.15, 0.2) is 0 Å². The average molecular weight is 260 g/mol. The molecular formula is C14H10ClNO2. The number of benzene rings is 2. The van der Waals surface area contributed by atoms with Crippen molar-refractivity contribution in [3.8, 4) is 28.7 Å². The van der Waals surface area contributed by atoms with E-state index in [-0.39, 0.29) is 11.3 Å². The maximum atomic E-state index is 9.46. The summed E-state index contributed by atoms with van der Waals surface area (Å²) >= 11 is 5.95. The molecule has 2 aromatic rings. The maximum Gasteiger partial charge on any atom is 0.138 e. The van der Waals surface area contributed by atoms with Crippen molar-refractivity contribution < 1.29 is 9.84 Å². The minimum absolute atomic E-state index is 0.0258. The first kappa shape index (κ1) is 12.3. The molecule has 4 heteroatoms. The number of nitrogens with zero attached hydrogens (tertiary/aromatic N) is 1. The lowest BCUT2D eigenvalue weighted by Crippen LogP contribution is -1.86. The largest absolute Gasteiger partial charge is 0.507 e. The second-order valence-electron chi connectivity index (χ2n) is 3.69. The first-order valence-electron chi connectivity index (χ1n) is 5.22. The van der Waals surface area contributed by atoms with Gasteiger partial charge in [-0.25, -0.2) is 0 Å². The Labute approximate surface area is 110 Å². The van der Waals surface area contributed by atoms with E-state index in [4.69, 9.17) is 21.6 Å². The molecule has 0 unspecified atom stereocenters. The molecule has 0 saturated heterocycles. The van der Waals surface area contributed by atoms with Gasteiger partial charge in [-0.15, -0.1) is 0 Å². The molecule has 0 spiro atoms. The fourth-order valence-electron chi connectivity index (χ4n) is 1.64. The summed E-state index contributed by atoms with van der Waals surface area (Å²) in [5.74, 6) is 0.544. The van der Waals surface area contributed by atoms with Crippen molar-refractivity contribution in [1.29, 1.82) is 5.26 Å². The van der Waals surface area contributed by atoms with E-state index in [9.17, 15) is 5.11 Å². The highest BCUT2D eigenvalue weighted by molar-refractivity contribution is 6.32. The lowest BCUT2D eigenvalue weighted by Gasteiger charge is -2.07. The Morgan fingerprint density at radius 3 is 2.50 bits per heavy atom. The molecular weight excluding hydrogens is 250 g/mol. The van der Waals surface area contributed by atoms with E-state index in [2.05, 4.69) is 0 Å². The SMILES string of the molecule is COc1cc(-c2ccc(O)c(C#N)c2)ccc1Cl.